The van der Waals surface area contributed by atoms with Gasteiger partial charge in [0.15, 0.2) is 5.82 Å². The van der Waals surface area contributed by atoms with Crippen LogP contribution in [0.5, 0.6) is 0 Å². The van der Waals surface area contributed by atoms with Crippen LogP contribution < -0.4 is 10.6 Å². The molecule has 3 N–H and O–H groups in total. The van der Waals surface area contributed by atoms with Gasteiger partial charge in [0.25, 0.3) is 0 Å². The van der Waals surface area contributed by atoms with Crippen LogP contribution in [0.4, 0.5) is 11.8 Å². The van der Waals surface area contributed by atoms with E-state index >= 15 is 0 Å². The number of nitrogens with two attached hydrogens (primary N) is 1. The Morgan fingerprint density at radius 1 is 1.25 bits per heavy atom. The molecule has 0 saturated carbocycles. The molecule has 28 heavy (non-hydrogen) atoms. The van der Waals surface area contributed by atoms with E-state index in [-0.39, 0.29) is 6.01 Å². The number of nitrogens with one attached hydrogen (secondary N) is 1. The van der Waals surface area contributed by atoms with E-state index in [1.54, 1.807) is 0 Å². The molecular weight excluding hydrogens is 354 g/mol. The van der Waals surface area contributed by atoms with Gasteiger partial charge >= 0.3 is 6.01 Å². The van der Waals surface area contributed by atoms with E-state index in [1.807, 2.05) is 36.7 Å². The molecule has 4 aromatic rings. The molecule has 1 aromatic carbocycles. The van der Waals surface area contributed by atoms with E-state index in [2.05, 4.69) is 32.0 Å². The fourth-order valence-electron chi connectivity index (χ4n) is 3.84. The van der Waals surface area contributed by atoms with Crippen molar-refractivity contribution in [2.75, 3.05) is 23.7 Å². The minimum atomic E-state index is 0.0520. The number of nitrogen functional groups attached to an aromatic ring is 1. The third-order valence-corrected chi connectivity index (χ3v) is 5.23. The Hall–Kier alpha value is -3.42. The van der Waals surface area contributed by atoms with Crippen LogP contribution in [0.1, 0.15) is 19.8 Å². The highest BCUT2D eigenvalue weighted by atomic mass is 16.4. The largest absolute Gasteiger partial charge is 0.404 e. The zero-order valence-electron chi connectivity index (χ0n) is 15.6. The van der Waals surface area contributed by atoms with E-state index in [9.17, 15) is 0 Å². The Balaban J connectivity index is 1.55. The minimum Gasteiger partial charge on any atom is -0.404 e. The number of hydrogen-bond acceptors (Lipinski definition) is 7. The maximum absolute atomic E-state index is 5.56. The average molecular weight is 375 g/mol. The van der Waals surface area contributed by atoms with Crippen LogP contribution in [0.3, 0.4) is 0 Å². The zero-order chi connectivity index (χ0) is 19.1. The lowest BCUT2D eigenvalue weighted by atomic mass is 10.0. The van der Waals surface area contributed by atoms with Gasteiger partial charge in [0, 0.05) is 47.5 Å². The van der Waals surface area contributed by atoms with Gasteiger partial charge in [-0.1, -0.05) is 12.0 Å². The second-order valence-electron chi connectivity index (χ2n) is 7.34. The number of H-pyrrole nitrogens is 1. The summed E-state index contributed by atoms with van der Waals surface area (Å²) in [5, 5.41) is 8.70. The highest BCUT2D eigenvalue weighted by molar-refractivity contribution is 5.96. The Morgan fingerprint density at radius 2 is 2.18 bits per heavy atom. The predicted molar refractivity (Wildman–Crippen MR) is 108 cm³/mol. The fourth-order valence-corrected chi connectivity index (χ4v) is 3.84. The molecule has 0 bridgehead atoms. The molecular formula is C20H21N7O. The SMILES string of the molecule is C[C@@H]1CCCN(c2ccnc(-c3c[nH]c4ccc(-c5nnc(N)o5)cc34)n2)C1. The van der Waals surface area contributed by atoms with E-state index < -0.39 is 0 Å². The summed E-state index contributed by atoms with van der Waals surface area (Å²) in [6.45, 7) is 4.37. The van der Waals surface area contributed by atoms with Gasteiger partial charge < -0.3 is 20.0 Å². The second-order valence-corrected chi connectivity index (χ2v) is 7.34. The summed E-state index contributed by atoms with van der Waals surface area (Å²) in [4.78, 5) is 15.0. The van der Waals surface area contributed by atoms with E-state index in [0.29, 0.717) is 17.6 Å². The first kappa shape index (κ1) is 16.7. The van der Waals surface area contributed by atoms with Crippen molar-refractivity contribution >= 4 is 22.7 Å². The van der Waals surface area contributed by atoms with E-state index in [1.165, 1.54) is 12.8 Å². The molecule has 3 aromatic heterocycles. The molecule has 4 heterocycles. The lowest BCUT2D eigenvalue weighted by molar-refractivity contribution is 0.444. The van der Waals surface area contributed by atoms with Crippen LogP contribution >= 0.6 is 0 Å². The highest BCUT2D eigenvalue weighted by Crippen LogP contribution is 2.31. The van der Waals surface area contributed by atoms with Gasteiger partial charge in [0.05, 0.1) is 0 Å². The summed E-state index contributed by atoms with van der Waals surface area (Å²) < 4.78 is 5.36. The van der Waals surface area contributed by atoms with E-state index in [0.717, 1.165) is 40.9 Å². The maximum atomic E-state index is 5.56. The lowest BCUT2D eigenvalue weighted by Gasteiger charge is -2.31. The Labute approximate surface area is 161 Å². The van der Waals surface area contributed by atoms with Crippen molar-refractivity contribution in [3.8, 4) is 22.8 Å². The number of aromatic amines is 1. The molecule has 1 atom stereocenters. The van der Waals surface area contributed by atoms with Crippen LogP contribution in [-0.2, 0) is 0 Å². The summed E-state index contributed by atoms with van der Waals surface area (Å²) in [7, 11) is 0. The topological polar surface area (TPSA) is 110 Å². The van der Waals surface area contributed by atoms with Crippen molar-refractivity contribution in [3.05, 3.63) is 36.7 Å². The van der Waals surface area contributed by atoms with Crippen molar-refractivity contribution in [1.29, 1.82) is 0 Å². The minimum absolute atomic E-state index is 0.0520. The molecule has 0 radical (unpaired) electrons. The summed E-state index contributed by atoms with van der Waals surface area (Å²) >= 11 is 0. The summed E-state index contributed by atoms with van der Waals surface area (Å²) in [5.74, 6) is 2.75. The molecule has 0 spiro atoms. The van der Waals surface area contributed by atoms with Crippen molar-refractivity contribution < 1.29 is 4.42 Å². The molecule has 8 heteroatoms. The van der Waals surface area contributed by atoms with Crippen LogP contribution in [0, 0.1) is 5.92 Å². The molecule has 1 aliphatic heterocycles. The van der Waals surface area contributed by atoms with E-state index in [4.69, 9.17) is 15.1 Å². The lowest BCUT2D eigenvalue weighted by Crippen LogP contribution is -2.34. The quantitative estimate of drug-likeness (QED) is 0.564. The monoisotopic (exact) mass is 375 g/mol. The smallest absolute Gasteiger partial charge is 0.313 e. The first-order chi connectivity index (χ1) is 13.7. The summed E-state index contributed by atoms with van der Waals surface area (Å²) in [6.07, 6.45) is 6.25. The van der Waals surface area contributed by atoms with Crippen LogP contribution in [-0.4, -0.2) is 38.2 Å². The fraction of sp³-hybridized carbons (Fsp3) is 0.300. The van der Waals surface area contributed by atoms with Crippen molar-refractivity contribution in [2.24, 2.45) is 5.92 Å². The Morgan fingerprint density at radius 3 is 3.00 bits per heavy atom. The average Bonchev–Trinajstić information content (AvgIpc) is 3.34. The molecule has 1 aliphatic rings. The van der Waals surface area contributed by atoms with Gasteiger partial charge in [0.2, 0.25) is 5.89 Å². The number of aromatic nitrogens is 5. The number of fused-ring (bicyclic) bond motifs is 1. The van der Waals surface area contributed by atoms with Gasteiger partial charge in [-0.05, 0) is 43.0 Å². The first-order valence-corrected chi connectivity index (χ1v) is 9.46. The predicted octanol–water partition coefficient (Wildman–Crippen LogP) is 3.49. The number of piperidine rings is 1. The Kier molecular flexibility index (Phi) is 3.96. The van der Waals surface area contributed by atoms with Crippen LogP contribution in [0.15, 0.2) is 41.1 Å². The molecule has 0 aliphatic carbocycles. The molecule has 142 valence electrons. The standard InChI is InChI=1S/C20H21N7O/c1-12-3-2-8-27(11-12)17-6-7-22-18(24-17)15-10-23-16-5-4-13(9-14(15)16)19-25-26-20(21)28-19/h4-7,9-10,12,23H,2-3,8,11H2,1H3,(H2,21,26)/t12-/m1/s1. The summed E-state index contributed by atoms with van der Waals surface area (Å²) in [5.41, 5.74) is 8.29. The molecule has 5 rings (SSSR count). The third-order valence-electron chi connectivity index (χ3n) is 5.23. The molecule has 8 nitrogen and oxygen atoms in total. The first-order valence-electron chi connectivity index (χ1n) is 9.46. The van der Waals surface area contributed by atoms with Gasteiger partial charge in [0.1, 0.15) is 5.82 Å². The molecule has 1 fully saturated rings. The molecule has 0 amide bonds. The second kappa shape index (κ2) is 6.63. The highest BCUT2D eigenvalue weighted by Gasteiger charge is 2.19. The maximum Gasteiger partial charge on any atom is 0.313 e. The number of anilines is 2. The molecule has 1 saturated heterocycles. The van der Waals surface area contributed by atoms with Gasteiger partial charge in [-0.2, -0.15) is 0 Å². The third kappa shape index (κ3) is 2.96. The van der Waals surface area contributed by atoms with Gasteiger partial charge in [-0.3, -0.25) is 0 Å². The van der Waals surface area contributed by atoms with Crippen LogP contribution in [0.25, 0.3) is 33.7 Å². The zero-order valence-corrected chi connectivity index (χ0v) is 15.6. The van der Waals surface area contributed by atoms with Gasteiger partial charge in [-0.25, -0.2) is 9.97 Å². The molecule has 0 unspecified atom stereocenters. The van der Waals surface area contributed by atoms with Gasteiger partial charge in [-0.15, -0.1) is 5.10 Å². The Bertz CT molecular complexity index is 1130. The van der Waals surface area contributed by atoms with Crippen molar-refractivity contribution in [2.45, 2.75) is 19.8 Å². The normalized spacial score (nSPS) is 17.3. The van der Waals surface area contributed by atoms with Crippen LogP contribution in [0.2, 0.25) is 0 Å². The number of benzene rings is 1. The number of nitrogens with zero attached hydrogens (tertiary/aromatic N) is 5. The number of rotatable bonds is 3. The van der Waals surface area contributed by atoms with Crippen molar-refractivity contribution in [3.63, 3.8) is 0 Å². The summed E-state index contributed by atoms with van der Waals surface area (Å²) in [6, 6.07) is 7.93. The number of hydrogen-bond donors (Lipinski definition) is 2. The van der Waals surface area contributed by atoms with Crippen molar-refractivity contribution in [1.82, 2.24) is 25.1 Å².